The average molecular weight is 436 g/mol. The molecule has 2 aromatic carbocycles. The Kier molecular flexibility index (Phi) is 7.55. The predicted octanol–water partition coefficient (Wildman–Crippen LogP) is 3.15. The first-order valence-electron chi connectivity index (χ1n) is 9.50. The number of carbonyl (C=O) groups excluding carboxylic acids is 2. The molecule has 2 amide bonds. The topological polar surface area (TPSA) is 95.6 Å². The maximum absolute atomic E-state index is 13.6. The number of rotatable bonds is 8. The molecule has 0 saturated carbocycles. The number of amides is 2. The van der Waals surface area contributed by atoms with Gasteiger partial charge in [-0.05, 0) is 50.6 Å². The Bertz CT molecular complexity index is 1030. The largest absolute Gasteiger partial charge is 0.350 e. The van der Waals surface area contributed by atoms with Gasteiger partial charge in [0.15, 0.2) is 0 Å². The zero-order valence-electron chi connectivity index (χ0n) is 17.3. The first kappa shape index (κ1) is 23.3. The molecular weight excluding hydrogens is 409 g/mol. The van der Waals surface area contributed by atoms with Crippen LogP contribution in [0.4, 0.5) is 15.8 Å². The monoisotopic (exact) mass is 435 g/mol. The van der Waals surface area contributed by atoms with Crippen LogP contribution in [-0.4, -0.2) is 38.6 Å². The second kappa shape index (κ2) is 9.71. The lowest BCUT2D eigenvalue weighted by Crippen LogP contribution is -2.45. The standard InChI is InChI=1S/C21H26FN3O4S/c1-5-14(2)23-21(27)18-11-6-7-12-19(18)24-20(26)15(3)25(30(4,28)29)17-10-8-9-16(22)13-17/h6-15H,5H2,1-4H3,(H,23,27)(H,24,26)/t14-,15+/m0/s1. The number of sulfonamides is 1. The summed E-state index contributed by atoms with van der Waals surface area (Å²) in [5, 5.41) is 5.45. The van der Waals surface area contributed by atoms with E-state index in [0.717, 1.165) is 23.0 Å². The molecule has 0 bridgehead atoms. The van der Waals surface area contributed by atoms with Crippen molar-refractivity contribution in [2.24, 2.45) is 0 Å². The van der Waals surface area contributed by atoms with Gasteiger partial charge in [-0.25, -0.2) is 12.8 Å². The Hall–Kier alpha value is -2.94. The van der Waals surface area contributed by atoms with Gasteiger partial charge in [0, 0.05) is 6.04 Å². The molecule has 2 atom stereocenters. The van der Waals surface area contributed by atoms with E-state index in [2.05, 4.69) is 10.6 Å². The molecule has 0 spiro atoms. The number of nitrogens with zero attached hydrogens (tertiary/aromatic N) is 1. The van der Waals surface area contributed by atoms with E-state index in [1.165, 1.54) is 25.1 Å². The molecule has 0 radical (unpaired) electrons. The van der Waals surface area contributed by atoms with Crippen LogP contribution in [-0.2, 0) is 14.8 Å². The summed E-state index contributed by atoms with van der Waals surface area (Å²) in [5.74, 6) is -1.63. The number of benzene rings is 2. The van der Waals surface area contributed by atoms with E-state index in [1.54, 1.807) is 24.3 Å². The van der Waals surface area contributed by atoms with Crippen LogP contribution in [0.5, 0.6) is 0 Å². The van der Waals surface area contributed by atoms with Crippen LogP contribution in [0.25, 0.3) is 0 Å². The van der Waals surface area contributed by atoms with Crippen LogP contribution in [0, 0.1) is 5.82 Å². The molecule has 2 N–H and O–H groups in total. The van der Waals surface area contributed by atoms with Gasteiger partial charge in [-0.1, -0.05) is 25.1 Å². The number of nitrogens with one attached hydrogen (secondary N) is 2. The minimum atomic E-state index is -3.89. The Labute approximate surface area is 176 Å². The Morgan fingerprint density at radius 2 is 1.77 bits per heavy atom. The van der Waals surface area contributed by atoms with Crippen molar-refractivity contribution >= 4 is 33.2 Å². The molecule has 2 aromatic rings. The van der Waals surface area contributed by atoms with Crippen LogP contribution in [0.3, 0.4) is 0 Å². The number of halogens is 1. The molecule has 0 saturated heterocycles. The average Bonchev–Trinajstić information content (AvgIpc) is 2.67. The molecule has 162 valence electrons. The van der Waals surface area contributed by atoms with Crippen molar-refractivity contribution in [3.05, 3.63) is 59.9 Å². The van der Waals surface area contributed by atoms with E-state index < -0.39 is 27.8 Å². The van der Waals surface area contributed by atoms with Crippen molar-refractivity contribution in [2.75, 3.05) is 15.9 Å². The molecule has 30 heavy (non-hydrogen) atoms. The highest BCUT2D eigenvalue weighted by molar-refractivity contribution is 7.92. The zero-order valence-corrected chi connectivity index (χ0v) is 18.2. The summed E-state index contributed by atoms with van der Waals surface area (Å²) in [5.41, 5.74) is 0.542. The first-order valence-corrected chi connectivity index (χ1v) is 11.3. The third kappa shape index (κ3) is 5.79. The fraction of sp³-hybridized carbons (Fsp3) is 0.333. The van der Waals surface area contributed by atoms with E-state index in [9.17, 15) is 22.4 Å². The van der Waals surface area contributed by atoms with Crippen LogP contribution in [0.1, 0.15) is 37.6 Å². The molecule has 0 aliphatic heterocycles. The fourth-order valence-corrected chi connectivity index (χ4v) is 4.02. The van der Waals surface area contributed by atoms with Crippen molar-refractivity contribution in [1.29, 1.82) is 0 Å². The predicted molar refractivity (Wildman–Crippen MR) is 115 cm³/mol. The van der Waals surface area contributed by atoms with Gasteiger partial charge in [-0.3, -0.25) is 13.9 Å². The van der Waals surface area contributed by atoms with Gasteiger partial charge in [0.2, 0.25) is 15.9 Å². The van der Waals surface area contributed by atoms with Crippen molar-refractivity contribution in [3.8, 4) is 0 Å². The summed E-state index contributed by atoms with van der Waals surface area (Å²) in [7, 11) is -3.89. The normalized spacial score (nSPS) is 13.2. The molecule has 0 aliphatic rings. The van der Waals surface area contributed by atoms with Crippen molar-refractivity contribution < 1.29 is 22.4 Å². The highest BCUT2D eigenvalue weighted by atomic mass is 32.2. The quantitative estimate of drug-likeness (QED) is 0.666. The van der Waals surface area contributed by atoms with Crippen LogP contribution in [0.15, 0.2) is 48.5 Å². The minimum absolute atomic E-state index is 0.0305. The van der Waals surface area contributed by atoms with Crippen LogP contribution < -0.4 is 14.9 Å². The van der Waals surface area contributed by atoms with Gasteiger partial charge >= 0.3 is 0 Å². The molecule has 0 aliphatic carbocycles. The van der Waals surface area contributed by atoms with E-state index in [1.807, 2.05) is 13.8 Å². The SMILES string of the molecule is CC[C@H](C)NC(=O)c1ccccc1NC(=O)[C@@H](C)N(c1cccc(F)c1)S(C)(=O)=O. The highest BCUT2D eigenvalue weighted by Gasteiger charge is 2.30. The number of carbonyl (C=O) groups is 2. The zero-order chi connectivity index (χ0) is 22.5. The van der Waals surface area contributed by atoms with Crippen molar-refractivity contribution in [1.82, 2.24) is 5.32 Å². The highest BCUT2D eigenvalue weighted by Crippen LogP contribution is 2.23. The summed E-state index contributed by atoms with van der Waals surface area (Å²) >= 11 is 0. The summed E-state index contributed by atoms with van der Waals surface area (Å²) in [6.07, 6.45) is 1.68. The van der Waals surface area contributed by atoms with Gasteiger partial charge in [0.25, 0.3) is 5.91 Å². The van der Waals surface area contributed by atoms with Crippen molar-refractivity contribution in [3.63, 3.8) is 0 Å². The van der Waals surface area contributed by atoms with Gasteiger partial charge < -0.3 is 10.6 Å². The van der Waals surface area contributed by atoms with Gasteiger partial charge in [0.1, 0.15) is 11.9 Å². The Morgan fingerprint density at radius 1 is 1.10 bits per heavy atom. The second-order valence-electron chi connectivity index (χ2n) is 7.03. The molecule has 0 fully saturated rings. The summed E-state index contributed by atoms with van der Waals surface area (Å²) < 4.78 is 39.1. The molecule has 0 aromatic heterocycles. The van der Waals surface area contributed by atoms with Crippen molar-refractivity contribution in [2.45, 2.75) is 39.3 Å². The lowest BCUT2D eigenvalue weighted by molar-refractivity contribution is -0.116. The fourth-order valence-electron chi connectivity index (χ4n) is 2.85. The maximum atomic E-state index is 13.6. The lowest BCUT2D eigenvalue weighted by Gasteiger charge is -2.28. The Morgan fingerprint density at radius 3 is 2.37 bits per heavy atom. The summed E-state index contributed by atoms with van der Waals surface area (Å²) in [6.45, 7) is 5.19. The van der Waals surface area contributed by atoms with Gasteiger partial charge in [0.05, 0.1) is 23.2 Å². The molecule has 0 unspecified atom stereocenters. The lowest BCUT2D eigenvalue weighted by atomic mass is 10.1. The molecule has 2 rings (SSSR count). The maximum Gasteiger partial charge on any atom is 0.253 e. The summed E-state index contributed by atoms with van der Waals surface area (Å²) in [4.78, 5) is 25.4. The van der Waals surface area contributed by atoms with Crippen LogP contribution in [0.2, 0.25) is 0 Å². The number of para-hydroxylation sites is 1. The Balaban J connectivity index is 2.31. The smallest absolute Gasteiger partial charge is 0.253 e. The third-order valence-corrected chi connectivity index (χ3v) is 5.81. The summed E-state index contributed by atoms with van der Waals surface area (Å²) in [6, 6.07) is 10.2. The van der Waals surface area contributed by atoms with E-state index in [-0.39, 0.29) is 28.9 Å². The number of hydrogen-bond acceptors (Lipinski definition) is 4. The van der Waals surface area contributed by atoms with E-state index in [0.29, 0.717) is 0 Å². The number of anilines is 2. The second-order valence-corrected chi connectivity index (χ2v) is 8.89. The molecule has 9 heteroatoms. The van der Waals surface area contributed by atoms with Gasteiger partial charge in [-0.15, -0.1) is 0 Å². The van der Waals surface area contributed by atoms with Gasteiger partial charge in [-0.2, -0.15) is 0 Å². The molecule has 7 nitrogen and oxygen atoms in total. The minimum Gasteiger partial charge on any atom is -0.350 e. The van der Waals surface area contributed by atoms with E-state index >= 15 is 0 Å². The van der Waals surface area contributed by atoms with Crippen LogP contribution >= 0.6 is 0 Å². The molecular formula is C21H26FN3O4S. The van der Waals surface area contributed by atoms with E-state index in [4.69, 9.17) is 0 Å². The first-order chi connectivity index (χ1) is 14.0. The third-order valence-electron chi connectivity index (χ3n) is 4.57. The number of hydrogen-bond donors (Lipinski definition) is 2. The molecule has 0 heterocycles.